The molecule has 0 rings (SSSR count). The Balaban J connectivity index is 3.11. The Labute approximate surface area is 163 Å². The normalized spacial score (nSPS) is 11.0. The summed E-state index contributed by atoms with van der Waals surface area (Å²) in [5.74, 6) is -0.0666. The highest BCUT2D eigenvalue weighted by atomic mass is 16.6. The Bertz CT molecular complexity index is 279. The van der Waals surface area contributed by atoms with Crippen LogP contribution in [-0.4, -0.2) is 25.8 Å². The predicted octanol–water partition coefficient (Wildman–Crippen LogP) is 7.22. The van der Waals surface area contributed by atoms with Gasteiger partial charge in [0.15, 0.2) is 0 Å². The number of carbonyl (C=O) groups is 1. The van der Waals surface area contributed by atoms with E-state index in [-0.39, 0.29) is 5.97 Å². The van der Waals surface area contributed by atoms with Crippen molar-refractivity contribution in [3.8, 4) is 0 Å². The fourth-order valence-corrected chi connectivity index (χ4v) is 3.13. The average Bonchev–Trinajstić information content (AvgIpc) is 2.65. The molecule has 0 amide bonds. The lowest BCUT2D eigenvalue weighted by Crippen LogP contribution is -2.10. The molecule has 26 heavy (non-hydrogen) atoms. The maximum atomic E-state index is 11.6. The summed E-state index contributed by atoms with van der Waals surface area (Å²) in [6.07, 6.45) is 21.2. The van der Waals surface area contributed by atoms with Crippen LogP contribution >= 0.6 is 0 Å². The van der Waals surface area contributed by atoms with Gasteiger partial charge < -0.3 is 9.47 Å². The molecule has 0 aliphatic rings. The van der Waals surface area contributed by atoms with Gasteiger partial charge >= 0.3 is 5.97 Å². The first-order valence-corrected chi connectivity index (χ1v) is 11.5. The zero-order valence-corrected chi connectivity index (χ0v) is 17.9. The van der Waals surface area contributed by atoms with Crippen LogP contribution in [-0.2, 0) is 14.3 Å². The predicted molar refractivity (Wildman–Crippen MR) is 112 cm³/mol. The van der Waals surface area contributed by atoms with Gasteiger partial charge in [0.25, 0.3) is 0 Å². The van der Waals surface area contributed by atoms with Crippen LogP contribution in [0.2, 0.25) is 0 Å². The molecule has 0 aromatic carbocycles. The van der Waals surface area contributed by atoms with Crippen LogP contribution in [0.4, 0.5) is 0 Å². The highest BCUT2D eigenvalue weighted by Crippen LogP contribution is 2.10. The molecule has 0 fully saturated rings. The maximum absolute atomic E-state index is 11.6. The number of carbonyl (C=O) groups excluding carboxylic acids is 1. The third-order valence-corrected chi connectivity index (χ3v) is 4.87. The summed E-state index contributed by atoms with van der Waals surface area (Å²) in [7, 11) is 0. The van der Waals surface area contributed by atoms with Crippen molar-refractivity contribution in [1.29, 1.82) is 0 Å². The van der Waals surface area contributed by atoms with E-state index in [1.54, 1.807) is 0 Å². The molecule has 0 saturated heterocycles. The molecule has 0 aliphatic carbocycles. The van der Waals surface area contributed by atoms with Crippen molar-refractivity contribution < 1.29 is 14.3 Å². The summed E-state index contributed by atoms with van der Waals surface area (Å²) in [6, 6.07) is 0. The topological polar surface area (TPSA) is 35.5 Å². The number of unbranched alkanes of at least 4 members (excludes halogenated alkanes) is 14. The number of ether oxygens (including phenoxy) is 2. The zero-order chi connectivity index (χ0) is 19.1. The van der Waals surface area contributed by atoms with E-state index in [9.17, 15) is 4.79 Å². The second-order valence-corrected chi connectivity index (χ2v) is 7.53. The fraction of sp³-hybridized carbons (Fsp3) is 0.957. The summed E-state index contributed by atoms with van der Waals surface area (Å²) < 4.78 is 10.8. The molecule has 0 saturated carbocycles. The monoisotopic (exact) mass is 370 g/mol. The van der Waals surface area contributed by atoms with Crippen molar-refractivity contribution in [1.82, 2.24) is 0 Å². The fourth-order valence-electron chi connectivity index (χ4n) is 3.13. The average molecular weight is 371 g/mol. The lowest BCUT2D eigenvalue weighted by molar-refractivity contribution is -0.145. The summed E-state index contributed by atoms with van der Waals surface area (Å²) in [5.41, 5.74) is 0. The van der Waals surface area contributed by atoms with Gasteiger partial charge in [0.05, 0.1) is 6.61 Å². The van der Waals surface area contributed by atoms with Crippen molar-refractivity contribution in [3.63, 3.8) is 0 Å². The van der Waals surface area contributed by atoms with Gasteiger partial charge in [-0.3, -0.25) is 4.79 Å². The van der Waals surface area contributed by atoms with E-state index in [1.807, 2.05) is 0 Å². The first-order valence-electron chi connectivity index (χ1n) is 11.5. The minimum atomic E-state index is -0.0666. The Kier molecular flexibility index (Phi) is 22.0. The summed E-state index contributed by atoms with van der Waals surface area (Å²) in [6.45, 7) is 6.23. The third kappa shape index (κ3) is 21.5. The van der Waals surface area contributed by atoms with E-state index in [1.165, 1.54) is 83.5 Å². The number of hydrogen-bond acceptors (Lipinski definition) is 3. The SMILES string of the molecule is CCCCCCCCCCCCOCCOC(=O)CCCCCCCC. The van der Waals surface area contributed by atoms with Gasteiger partial charge in [0.2, 0.25) is 0 Å². The molecular formula is C23H46O3. The highest BCUT2D eigenvalue weighted by molar-refractivity contribution is 5.69. The quantitative estimate of drug-likeness (QED) is 0.158. The van der Waals surface area contributed by atoms with E-state index >= 15 is 0 Å². The standard InChI is InChI=1S/C23H46O3/c1-3-5-7-9-11-12-13-14-16-18-20-25-21-22-26-23(24)19-17-15-10-8-6-4-2/h3-22H2,1-2H3. The molecule has 0 bridgehead atoms. The molecule has 0 heterocycles. The summed E-state index contributed by atoms with van der Waals surface area (Å²) in [4.78, 5) is 11.6. The molecule has 3 nitrogen and oxygen atoms in total. The molecule has 0 N–H and O–H groups in total. The van der Waals surface area contributed by atoms with Crippen LogP contribution in [0.15, 0.2) is 0 Å². The number of hydrogen-bond donors (Lipinski definition) is 0. The van der Waals surface area contributed by atoms with E-state index in [0.717, 1.165) is 25.9 Å². The van der Waals surface area contributed by atoms with Crippen molar-refractivity contribution in [2.75, 3.05) is 19.8 Å². The Morgan fingerprint density at radius 2 is 1.00 bits per heavy atom. The second-order valence-electron chi connectivity index (χ2n) is 7.53. The summed E-state index contributed by atoms with van der Waals surface area (Å²) in [5, 5.41) is 0. The largest absolute Gasteiger partial charge is 0.463 e. The van der Waals surface area contributed by atoms with Gasteiger partial charge in [-0.05, 0) is 12.8 Å². The molecule has 0 radical (unpaired) electrons. The molecule has 0 unspecified atom stereocenters. The lowest BCUT2D eigenvalue weighted by atomic mass is 10.1. The molecule has 0 aromatic rings. The number of rotatable bonds is 21. The van der Waals surface area contributed by atoms with Crippen molar-refractivity contribution in [2.45, 2.75) is 123 Å². The first kappa shape index (κ1) is 25.4. The number of esters is 1. The van der Waals surface area contributed by atoms with Crippen LogP contribution in [0.25, 0.3) is 0 Å². The second kappa shape index (κ2) is 22.5. The van der Waals surface area contributed by atoms with Crippen molar-refractivity contribution in [2.24, 2.45) is 0 Å². The third-order valence-electron chi connectivity index (χ3n) is 4.87. The van der Waals surface area contributed by atoms with Crippen molar-refractivity contribution in [3.05, 3.63) is 0 Å². The van der Waals surface area contributed by atoms with Crippen molar-refractivity contribution >= 4 is 5.97 Å². The van der Waals surface area contributed by atoms with Gasteiger partial charge in [-0.25, -0.2) is 0 Å². The minimum absolute atomic E-state index is 0.0666. The smallest absolute Gasteiger partial charge is 0.305 e. The van der Waals surface area contributed by atoms with E-state index in [0.29, 0.717) is 19.6 Å². The van der Waals surface area contributed by atoms with Crippen LogP contribution in [0.1, 0.15) is 123 Å². The molecular weight excluding hydrogens is 324 g/mol. The first-order chi connectivity index (χ1) is 12.8. The van der Waals surface area contributed by atoms with E-state index in [4.69, 9.17) is 9.47 Å². The van der Waals surface area contributed by atoms with E-state index < -0.39 is 0 Å². The molecule has 3 heteroatoms. The van der Waals surface area contributed by atoms with Crippen LogP contribution in [0.3, 0.4) is 0 Å². The lowest BCUT2D eigenvalue weighted by Gasteiger charge is -2.06. The molecule has 0 aliphatic heterocycles. The van der Waals surface area contributed by atoms with Gasteiger partial charge in [-0.1, -0.05) is 104 Å². The molecule has 0 aromatic heterocycles. The van der Waals surface area contributed by atoms with Crippen LogP contribution < -0.4 is 0 Å². The molecule has 0 spiro atoms. The molecule has 0 atom stereocenters. The van der Waals surface area contributed by atoms with Crippen LogP contribution in [0.5, 0.6) is 0 Å². The van der Waals surface area contributed by atoms with Gasteiger partial charge in [-0.15, -0.1) is 0 Å². The Hall–Kier alpha value is -0.570. The Morgan fingerprint density at radius 3 is 1.54 bits per heavy atom. The van der Waals surface area contributed by atoms with Gasteiger partial charge in [-0.2, -0.15) is 0 Å². The van der Waals surface area contributed by atoms with Gasteiger partial charge in [0.1, 0.15) is 6.61 Å². The van der Waals surface area contributed by atoms with Gasteiger partial charge in [0, 0.05) is 13.0 Å². The van der Waals surface area contributed by atoms with E-state index in [2.05, 4.69) is 13.8 Å². The Morgan fingerprint density at radius 1 is 0.538 bits per heavy atom. The maximum Gasteiger partial charge on any atom is 0.305 e. The zero-order valence-electron chi connectivity index (χ0n) is 17.9. The van der Waals surface area contributed by atoms with Crippen LogP contribution in [0, 0.1) is 0 Å². The minimum Gasteiger partial charge on any atom is -0.463 e. The highest BCUT2D eigenvalue weighted by Gasteiger charge is 2.02. The summed E-state index contributed by atoms with van der Waals surface area (Å²) >= 11 is 0. The molecule has 156 valence electrons.